The molecule has 1 aliphatic rings. The summed E-state index contributed by atoms with van der Waals surface area (Å²) in [6, 6.07) is 6.12. The highest BCUT2D eigenvalue weighted by Crippen LogP contribution is 2.33. The summed E-state index contributed by atoms with van der Waals surface area (Å²) in [5.41, 5.74) is 2.40. The van der Waals surface area contributed by atoms with Crippen molar-refractivity contribution < 1.29 is 9.53 Å². The van der Waals surface area contributed by atoms with Crippen LogP contribution in [0.25, 0.3) is 0 Å². The molecular weight excluding hydrogens is 256 g/mol. The Kier molecular flexibility index (Phi) is 3.10. The quantitative estimate of drug-likeness (QED) is 0.732. The average molecular weight is 269 g/mol. The number of carbonyl (C=O) groups is 1. The minimum Gasteiger partial charge on any atom is -0.469 e. The molecule has 1 unspecified atom stereocenters. The third-order valence-corrected chi connectivity index (χ3v) is 3.40. The molecule has 0 bridgehead atoms. The lowest BCUT2D eigenvalue weighted by atomic mass is 9.83. The summed E-state index contributed by atoms with van der Waals surface area (Å²) in [6.07, 6.45) is 3.02. The number of halogens is 1. The van der Waals surface area contributed by atoms with Crippen molar-refractivity contribution >= 4 is 21.9 Å². The number of hydrogen-bond donors (Lipinski definition) is 0. The van der Waals surface area contributed by atoms with Crippen molar-refractivity contribution in [1.29, 1.82) is 0 Å². The van der Waals surface area contributed by atoms with E-state index in [4.69, 9.17) is 4.74 Å². The fourth-order valence-corrected chi connectivity index (χ4v) is 2.58. The Hall–Kier alpha value is -0.830. The van der Waals surface area contributed by atoms with Gasteiger partial charge in [0, 0.05) is 4.47 Å². The van der Waals surface area contributed by atoms with Crippen LogP contribution in [0.4, 0.5) is 0 Å². The number of methoxy groups -OCH3 is 1. The van der Waals surface area contributed by atoms with E-state index in [1.807, 2.05) is 12.1 Å². The highest BCUT2D eigenvalue weighted by Gasteiger charge is 2.26. The van der Waals surface area contributed by atoms with Gasteiger partial charge in [-0.2, -0.15) is 0 Å². The van der Waals surface area contributed by atoms with E-state index in [0.29, 0.717) is 0 Å². The number of esters is 1. The Morgan fingerprint density at radius 2 is 2.33 bits per heavy atom. The summed E-state index contributed by atoms with van der Waals surface area (Å²) < 4.78 is 5.90. The van der Waals surface area contributed by atoms with Crippen LogP contribution in [0, 0.1) is 0 Å². The first kappa shape index (κ1) is 10.7. The zero-order valence-corrected chi connectivity index (χ0v) is 10.2. The molecule has 0 spiro atoms. The van der Waals surface area contributed by atoms with Gasteiger partial charge in [-0.15, -0.1) is 0 Å². The first-order chi connectivity index (χ1) is 7.22. The third kappa shape index (κ3) is 2.07. The fourth-order valence-electron chi connectivity index (χ4n) is 2.17. The maximum Gasteiger partial charge on any atom is 0.313 e. The summed E-state index contributed by atoms with van der Waals surface area (Å²) >= 11 is 3.45. The van der Waals surface area contributed by atoms with Crippen LogP contribution in [0.3, 0.4) is 0 Å². The Balaban J connectivity index is 2.38. The van der Waals surface area contributed by atoms with Gasteiger partial charge in [-0.1, -0.05) is 22.0 Å². The largest absolute Gasteiger partial charge is 0.469 e. The topological polar surface area (TPSA) is 26.3 Å². The van der Waals surface area contributed by atoms with Gasteiger partial charge >= 0.3 is 5.97 Å². The van der Waals surface area contributed by atoms with Crippen LogP contribution in [-0.2, 0) is 16.0 Å². The molecule has 0 radical (unpaired) electrons. The third-order valence-electron chi connectivity index (χ3n) is 2.91. The summed E-state index contributed by atoms with van der Waals surface area (Å²) in [7, 11) is 1.45. The van der Waals surface area contributed by atoms with Gasteiger partial charge in [-0.3, -0.25) is 4.79 Å². The molecule has 1 aromatic carbocycles. The lowest BCUT2D eigenvalue weighted by molar-refractivity contribution is -0.142. The molecule has 15 heavy (non-hydrogen) atoms. The minimum absolute atomic E-state index is 0.0631. The second-order valence-electron chi connectivity index (χ2n) is 3.81. The van der Waals surface area contributed by atoms with Gasteiger partial charge in [-0.25, -0.2) is 0 Å². The van der Waals surface area contributed by atoms with Crippen LogP contribution in [0.1, 0.15) is 29.9 Å². The van der Waals surface area contributed by atoms with Gasteiger partial charge in [0.1, 0.15) is 0 Å². The Morgan fingerprint density at radius 3 is 3.07 bits per heavy atom. The molecule has 2 rings (SSSR count). The fraction of sp³-hybridized carbons (Fsp3) is 0.417. The summed E-state index contributed by atoms with van der Waals surface area (Å²) in [6.45, 7) is 0. The monoisotopic (exact) mass is 268 g/mol. The molecule has 0 amide bonds. The number of hydrogen-bond acceptors (Lipinski definition) is 2. The SMILES string of the molecule is COC(=O)C1CCCc2cc(Br)ccc21. The van der Waals surface area contributed by atoms with E-state index in [0.717, 1.165) is 29.3 Å². The molecule has 0 aliphatic heterocycles. The lowest BCUT2D eigenvalue weighted by Gasteiger charge is -2.23. The molecule has 0 heterocycles. The number of carbonyl (C=O) groups excluding carboxylic acids is 1. The molecule has 1 atom stereocenters. The summed E-state index contributed by atoms with van der Waals surface area (Å²) in [5.74, 6) is -0.176. The highest BCUT2D eigenvalue weighted by atomic mass is 79.9. The van der Waals surface area contributed by atoms with E-state index in [9.17, 15) is 4.79 Å². The average Bonchev–Trinajstić information content (AvgIpc) is 2.26. The van der Waals surface area contributed by atoms with Crippen LogP contribution < -0.4 is 0 Å². The van der Waals surface area contributed by atoms with Gasteiger partial charge in [0.05, 0.1) is 13.0 Å². The number of ether oxygens (including phenoxy) is 1. The molecule has 80 valence electrons. The maximum absolute atomic E-state index is 11.6. The molecule has 1 aliphatic carbocycles. The van der Waals surface area contributed by atoms with Crippen LogP contribution in [0.2, 0.25) is 0 Å². The zero-order valence-electron chi connectivity index (χ0n) is 8.63. The Morgan fingerprint density at radius 1 is 1.53 bits per heavy atom. The van der Waals surface area contributed by atoms with Crippen molar-refractivity contribution in [1.82, 2.24) is 0 Å². The second kappa shape index (κ2) is 4.35. The van der Waals surface area contributed by atoms with Crippen molar-refractivity contribution in [3.63, 3.8) is 0 Å². The Labute approximate surface area is 97.8 Å². The van der Waals surface area contributed by atoms with Crippen LogP contribution in [-0.4, -0.2) is 13.1 Å². The van der Waals surface area contributed by atoms with Gasteiger partial charge < -0.3 is 4.74 Å². The highest BCUT2D eigenvalue weighted by molar-refractivity contribution is 9.10. The molecule has 2 nitrogen and oxygen atoms in total. The van der Waals surface area contributed by atoms with Gasteiger partial charge in [-0.05, 0) is 42.5 Å². The van der Waals surface area contributed by atoms with E-state index >= 15 is 0 Å². The van der Waals surface area contributed by atoms with Crippen LogP contribution in [0.15, 0.2) is 22.7 Å². The smallest absolute Gasteiger partial charge is 0.313 e. The molecular formula is C12H13BrO2. The predicted molar refractivity (Wildman–Crippen MR) is 61.8 cm³/mol. The summed E-state index contributed by atoms with van der Waals surface area (Å²) in [4.78, 5) is 11.6. The predicted octanol–water partition coefficient (Wildman–Crippen LogP) is 3.04. The van der Waals surface area contributed by atoms with Gasteiger partial charge in [0.25, 0.3) is 0 Å². The normalized spacial score (nSPS) is 19.5. The minimum atomic E-state index is -0.113. The molecule has 0 saturated heterocycles. The van der Waals surface area contributed by atoms with Crippen molar-refractivity contribution in [3.8, 4) is 0 Å². The van der Waals surface area contributed by atoms with Crippen molar-refractivity contribution in [2.75, 3.05) is 7.11 Å². The molecule has 0 fully saturated rings. The molecule has 1 aromatic rings. The zero-order chi connectivity index (χ0) is 10.8. The van der Waals surface area contributed by atoms with Crippen LogP contribution >= 0.6 is 15.9 Å². The maximum atomic E-state index is 11.6. The van der Waals surface area contributed by atoms with Gasteiger partial charge in [0.2, 0.25) is 0 Å². The molecule has 0 N–H and O–H groups in total. The van der Waals surface area contributed by atoms with E-state index < -0.39 is 0 Å². The van der Waals surface area contributed by atoms with E-state index in [2.05, 4.69) is 22.0 Å². The van der Waals surface area contributed by atoms with Gasteiger partial charge in [0.15, 0.2) is 0 Å². The van der Waals surface area contributed by atoms with E-state index in [1.165, 1.54) is 12.7 Å². The molecule has 0 aromatic heterocycles. The summed E-state index contributed by atoms with van der Waals surface area (Å²) in [5, 5.41) is 0. The first-order valence-corrected chi connectivity index (χ1v) is 5.88. The van der Waals surface area contributed by atoms with Crippen LogP contribution in [0.5, 0.6) is 0 Å². The number of rotatable bonds is 1. The van der Waals surface area contributed by atoms with Crippen molar-refractivity contribution in [3.05, 3.63) is 33.8 Å². The van der Waals surface area contributed by atoms with Crippen molar-refractivity contribution in [2.24, 2.45) is 0 Å². The molecule has 0 saturated carbocycles. The second-order valence-corrected chi connectivity index (χ2v) is 4.73. The number of fused-ring (bicyclic) bond motifs is 1. The van der Waals surface area contributed by atoms with E-state index in [1.54, 1.807) is 0 Å². The number of benzene rings is 1. The first-order valence-electron chi connectivity index (χ1n) is 5.08. The number of aryl methyl sites for hydroxylation is 1. The lowest BCUT2D eigenvalue weighted by Crippen LogP contribution is -2.19. The van der Waals surface area contributed by atoms with Crippen molar-refractivity contribution in [2.45, 2.75) is 25.2 Å². The molecule has 3 heteroatoms. The standard InChI is InChI=1S/C12H13BrO2/c1-15-12(14)11-4-2-3-8-7-9(13)5-6-10(8)11/h5-7,11H,2-4H2,1H3. The van der Waals surface area contributed by atoms with E-state index in [-0.39, 0.29) is 11.9 Å². The Bertz CT molecular complexity index is 387.